The molecule has 4 nitrogen and oxygen atoms in total. The Hall–Kier alpha value is -1.03. The van der Waals surface area contributed by atoms with Crippen LogP contribution in [0.1, 0.15) is 6.92 Å². The largest absolute Gasteiger partial charge is 0.354 e. The van der Waals surface area contributed by atoms with Crippen LogP contribution in [-0.2, 0) is 7.05 Å². The van der Waals surface area contributed by atoms with E-state index in [4.69, 9.17) is 0 Å². The molecule has 0 atom stereocenters. The van der Waals surface area contributed by atoms with E-state index in [1.54, 1.807) is 0 Å². The quantitative estimate of drug-likeness (QED) is 0.718. The molecule has 0 aromatic carbocycles. The fourth-order valence-corrected chi connectivity index (χ4v) is 1.25. The Morgan fingerprint density at radius 1 is 1.62 bits per heavy atom. The minimum atomic E-state index is 0.990. The van der Waals surface area contributed by atoms with Gasteiger partial charge in [0.05, 0.1) is 0 Å². The van der Waals surface area contributed by atoms with Crippen molar-refractivity contribution in [2.75, 3.05) is 31.6 Å². The summed E-state index contributed by atoms with van der Waals surface area (Å²) < 4.78 is 1.83. The summed E-state index contributed by atoms with van der Waals surface area (Å²) in [4.78, 5) is 2.25. The van der Waals surface area contributed by atoms with E-state index in [2.05, 4.69) is 22.2 Å². The van der Waals surface area contributed by atoms with E-state index in [1.807, 2.05) is 31.0 Å². The number of nitrogens with zero attached hydrogens (tertiary/aromatic N) is 3. The van der Waals surface area contributed by atoms with Crippen molar-refractivity contribution in [1.29, 1.82) is 0 Å². The lowest BCUT2D eigenvalue weighted by molar-refractivity contribution is 0.706. The summed E-state index contributed by atoms with van der Waals surface area (Å²) in [7, 11) is 3.90. The van der Waals surface area contributed by atoms with Crippen LogP contribution >= 0.6 is 0 Å². The first-order valence-electron chi connectivity index (χ1n) is 4.67. The predicted molar refractivity (Wildman–Crippen MR) is 55.0 cm³/mol. The molecule has 0 radical (unpaired) electrons. The number of aryl methyl sites for hydroxylation is 1. The van der Waals surface area contributed by atoms with Gasteiger partial charge in [0.1, 0.15) is 0 Å². The van der Waals surface area contributed by atoms with E-state index in [9.17, 15) is 0 Å². The minimum Gasteiger partial charge on any atom is -0.354 e. The summed E-state index contributed by atoms with van der Waals surface area (Å²) in [5, 5.41) is 7.48. The van der Waals surface area contributed by atoms with Crippen LogP contribution in [0.5, 0.6) is 0 Å². The molecule has 74 valence electrons. The number of likely N-dealkylation sites (N-methyl/N-ethyl adjacent to an activating group) is 2. The van der Waals surface area contributed by atoms with Gasteiger partial charge in [0, 0.05) is 38.9 Å². The molecule has 0 unspecified atom stereocenters. The second-order valence-corrected chi connectivity index (χ2v) is 3.03. The van der Waals surface area contributed by atoms with Crippen LogP contribution in [0.4, 0.5) is 5.82 Å². The normalized spacial score (nSPS) is 10.4. The summed E-state index contributed by atoms with van der Waals surface area (Å²) in [5.41, 5.74) is 0. The van der Waals surface area contributed by atoms with Gasteiger partial charge in [-0.25, -0.2) is 0 Å². The number of hydrogen-bond acceptors (Lipinski definition) is 3. The molecule has 0 spiro atoms. The van der Waals surface area contributed by atoms with Gasteiger partial charge in [0.25, 0.3) is 0 Å². The lowest BCUT2D eigenvalue weighted by atomic mass is 10.4. The molecular weight excluding hydrogens is 164 g/mol. The molecule has 0 saturated heterocycles. The van der Waals surface area contributed by atoms with Gasteiger partial charge in [-0.3, -0.25) is 4.68 Å². The standard InChI is InChI=1S/C9H18N4/c1-4-13(8-6-10-2)9-5-7-12(3)11-9/h5,7,10H,4,6,8H2,1-3H3. The molecular formula is C9H18N4. The van der Waals surface area contributed by atoms with Gasteiger partial charge in [0.15, 0.2) is 5.82 Å². The maximum atomic E-state index is 4.35. The monoisotopic (exact) mass is 182 g/mol. The van der Waals surface area contributed by atoms with Crippen molar-refractivity contribution < 1.29 is 0 Å². The van der Waals surface area contributed by atoms with Crippen molar-refractivity contribution in [3.63, 3.8) is 0 Å². The highest BCUT2D eigenvalue weighted by Crippen LogP contribution is 2.08. The van der Waals surface area contributed by atoms with Crippen molar-refractivity contribution in [1.82, 2.24) is 15.1 Å². The van der Waals surface area contributed by atoms with Gasteiger partial charge in [0.2, 0.25) is 0 Å². The van der Waals surface area contributed by atoms with E-state index in [1.165, 1.54) is 0 Å². The first-order chi connectivity index (χ1) is 6.27. The third kappa shape index (κ3) is 2.73. The summed E-state index contributed by atoms with van der Waals surface area (Å²) in [6.45, 7) is 5.14. The van der Waals surface area contributed by atoms with Crippen LogP contribution in [0.3, 0.4) is 0 Å². The van der Waals surface area contributed by atoms with E-state index in [0.29, 0.717) is 0 Å². The van der Waals surface area contributed by atoms with Crippen LogP contribution < -0.4 is 10.2 Å². The summed E-state index contributed by atoms with van der Waals surface area (Å²) in [6.07, 6.45) is 1.97. The van der Waals surface area contributed by atoms with Crippen LogP contribution in [0, 0.1) is 0 Å². The predicted octanol–water partition coefficient (Wildman–Crippen LogP) is 0.466. The number of anilines is 1. The van der Waals surface area contributed by atoms with E-state index >= 15 is 0 Å². The molecule has 1 heterocycles. The van der Waals surface area contributed by atoms with Gasteiger partial charge in [-0.1, -0.05) is 0 Å². The highest BCUT2D eigenvalue weighted by atomic mass is 15.3. The molecule has 0 aliphatic carbocycles. The average Bonchev–Trinajstić information content (AvgIpc) is 2.54. The third-order valence-corrected chi connectivity index (χ3v) is 2.04. The first kappa shape index (κ1) is 10.1. The molecule has 1 aromatic heterocycles. The second kappa shape index (κ2) is 4.87. The Morgan fingerprint density at radius 2 is 2.38 bits per heavy atom. The SMILES string of the molecule is CCN(CCNC)c1ccn(C)n1. The fourth-order valence-electron chi connectivity index (χ4n) is 1.25. The van der Waals surface area contributed by atoms with E-state index in [0.717, 1.165) is 25.5 Å². The van der Waals surface area contributed by atoms with Crippen molar-refractivity contribution in [2.45, 2.75) is 6.92 Å². The molecule has 1 N–H and O–H groups in total. The van der Waals surface area contributed by atoms with Crippen LogP contribution in [0.25, 0.3) is 0 Å². The van der Waals surface area contributed by atoms with E-state index in [-0.39, 0.29) is 0 Å². The Bertz CT molecular complexity index is 244. The lowest BCUT2D eigenvalue weighted by Gasteiger charge is -2.19. The molecule has 4 heteroatoms. The van der Waals surface area contributed by atoms with Crippen molar-refractivity contribution in [2.24, 2.45) is 7.05 Å². The highest BCUT2D eigenvalue weighted by Gasteiger charge is 2.05. The molecule has 0 amide bonds. The number of rotatable bonds is 5. The second-order valence-electron chi connectivity index (χ2n) is 3.03. The molecule has 1 aromatic rings. The fraction of sp³-hybridized carbons (Fsp3) is 0.667. The first-order valence-corrected chi connectivity index (χ1v) is 4.67. The van der Waals surface area contributed by atoms with Gasteiger partial charge >= 0.3 is 0 Å². The van der Waals surface area contributed by atoms with Crippen LogP contribution in [0.2, 0.25) is 0 Å². The molecule has 0 fully saturated rings. The van der Waals surface area contributed by atoms with Crippen molar-refractivity contribution in [3.8, 4) is 0 Å². The highest BCUT2D eigenvalue weighted by molar-refractivity contribution is 5.36. The van der Waals surface area contributed by atoms with Gasteiger partial charge in [-0.05, 0) is 14.0 Å². The molecule has 0 aliphatic rings. The molecule has 0 aliphatic heterocycles. The van der Waals surface area contributed by atoms with E-state index < -0.39 is 0 Å². The van der Waals surface area contributed by atoms with Gasteiger partial charge in [-0.15, -0.1) is 0 Å². The number of nitrogens with one attached hydrogen (secondary N) is 1. The third-order valence-electron chi connectivity index (χ3n) is 2.04. The Balaban J connectivity index is 2.56. The summed E-state index contributed by atoms with van der Waals surface area (Å²) in [5.74, 6) is 1.06. The zero-order chi connectivity index (χ0) is 9.68. The molecule has 0 saturated carbocycles. The van der Waals surface area contributed by atoms with Gasteiger partial charge in [-0.2, -0.15) is 5.10 Å². The Kier molecular flexibility index (Phi) is 3.76. The Morgan fingerprint density at radius 3 is 2.85 bits per heavy atom. The lowest BCUT2D eigenvalue weighted by Crippen LogP contribution is -2.30. The maximum absolute atomic E-state index is 4.35. The molecule has 1 rings (SSSR count). The number of aromatic nitrogens is 2. The topological polar surface area (TPSA) is 33.1 Å². The Labute approximate surface area is 79.5 Å². The van der Waals surface area contributed by atoms with Crippen LogP contribution in [-0.4, -0.2) is 36.5 Å². The van der Waals surface area contributed by atoms with Crippen LogP contribution in [0.15, 0.2) is 12.3 Å². The smallest absolute Gasteiger partial charge is 0.150 e. The number of hydrogen-bond donors (Lipinski definition) is 1. The zero-order valence-corrected chi connectivity index (χ0v) is 8.62. The summed E-state index contributed by atoms with van der Waals surface area (Å²) >= 11 is 0. The summed E-state index contributed by atoms with van der Waals surface area (Å²) in [6, 6.07) is 2.04. The van der Waals surface area contributed by atoms with Gasteiger partial charge < -0.3 is 10.2 Å². The van der Waals surface area contributed by atoms with Crippen molar-refractivity contribution in [3.05, 3.63) is 12.3 Å². The van der Waals surface area contributed by atoms with Crippen molar-refractivity contribution >= 4 is 5.82 Å². The minimum absolute atomic E-state index is 0.990. The maximum Gasteiger partial charge on any atom is 0.150 e. The average molecular weight is 182 g/mol. The molecule has 0 bridgehead atoms. The zero-order valence-electron chi connectivity index (χ0n) is 8.62. The molecule has 13 heavy (non-hydrogen) atoms.